The molecule has 1 saturated heterocycles. The minimum absolute atomic E-state index is 0.0183. The Morgan fingerprint density at radius 1 is 1.35 bits per heavy atom. The standard InChI is InChI=1S/C20H32N4O2/c1-5-16-6-8-18(9-7-16)15(2)23-20(22-13-19(25)24(3)4)21-12-17-10-11-26-14-17/h6-9,15,17H,5,10-14H2,1-4H3,(H2,21,22,23). The molecule has 1 aromatic carbocycles. The summed E-state index contributed by atoms with van der Waals surface area (Å²) in [5.74, 6) is 1.14. The summed E-state index contributed by atoms with van der Waals surface area (Å²) >= 11 is 0. The van der Waals surface area contributed by atoms with E-state index in [1.54, 1.807) is 19.0 Å². The molecule has 0 saturated carbocycles. The van der Waals surface area contributed by atoms with Gasteiger partial charge in [0.15, 0.2) is 5.96 Å². The van der Waals surface area contributed by atoms with Crippen LogP contribution in [0, 0.1) is 5.92 Å². The summed E-state index contributed by atoms with van der Waals surface area (Å²) < 4.78 is 5.43. The number of aliphatic imine (C=N–C) groups is 1. The van der Waals surface area contributed by atoms with Crippen LogP contribution in [0.3, 0.4) is 0 Å². The molecule has 26 heavy (non-hydrogen) atoms. The van der Waals surface area contributed by atoms with Gasteiger partial charge in [0.05, 0.1) is 12.6 Å². The predicted molar refractivity (Wildman–Crippen MR) is 105 cm³/mol. The summed E-state index contributed by atoms with van der Waals surface area (Å²) in [5.41, 5.74) is 2.52. The van der Waals surface area contributed by atoms with Crippen LogP contribution in [-0.4, -0.2) is 57.2 Å². The SMILES string of the molecule is CCc1ccc(C(C)NC(=NCC(=O)N(C)C)NCC2CCOC2)cc1. The lowest BCUT2D eigenvalue weighted by Crippen LogP contribution is -2.42. The van der Waals surface area contributed by atoms with Gasteiger partial charge >= 0.3 is 0 Å². The van der Waals surface area contributed by atoms with E-state index in [-0.39, 0.29) is 18.5 Å². The van der Waals surface area contributed by atoms with E-state index in [4.69, 9.17) is 4.74 Å². The molecule has 2 rings (SSSR count). The largest absolute Gasteiger partial charge is 0.381 e. The molecule has 2 atom stereocenters. The van der Waals surface area contributed by atoms with Crippen LogP contribution in [0.4, 0.5) is 0 Å². The maximum atomic E-state index is 11.9. The Balaban J connectivity index is 2.00. The molecule has 2 unspecified atom stereocenters. The Morgan fingerprint density at radius 3 is 2.65 bits per heavy atom. The molecule has 144 valence electrons. The first-order valence-corrected chi connectivity index (χ1v) is 9.41. The number of guanidine groups is 1. The molecular formula is C20H32N4O2. The highest BCUT2D eigenvalue weighted by molar-refractivity contribution is 5.85. The van der Waals surface area contributed by atoms with Gasteiger partial charge in [-0.15, -0.1) is 0 Å². The van der Waals surface area contributed by atoms with Crippen LogP contribution in [0.1, 0.15) is 37.4 Å². The Kier molecular flexibility index (Phi) is 7.91. The Labute approximate surface area is 157 Å². The van der Waals surface area contributed by atoms with Gasteiger partial charge in [0, 0.05) is 33.2 Å². The molecule has 1 aromatic rings. The molecule has 6 heteroatoms. The van der Waals surface area contributed by atoms with E-state index in [1.165, 1.54) is 11.1 Å². The lowest BCUT2D eigenvalue weighted by molar-refractivity contribution is -0.127. The molecule has 0 aliphatic carbocycles. The number of nitrogens with zero attached hydrogens (tertiary/aromatic N) is 2. The molecule has 1 fully saturated rings. The second kappa shape index (κ2) is 10.2. The Hall–Kier alpha value is -2.08. The van der Waals surface area contributed by atoms with Gasteiger partial charge in [-0.3, -0.25) is 4.79 Å². The van der Waals surface area contributed by atoms with Gasteiger partial charge < -0.3 is 20.3 Å². The molecule has 0 bridgehead atoms. The van der Waals surface area contributed by atoms with E-state index in [1.807, 2.05) is 0 Å². The van der Waals surface area contributed by atoms with Crippen LogP contribution in [0.25, 0.3) is 0 Å². The second-order valence-corrected chi connectivity index (χ2v) is 7.02. The van der Waals surface area contributed by atoms with Crippen LogP contribution in [0.2, 0.25) is 0 Å². The van der Waals surface area contributed by atoms with Crippen molar-refractivity contribution in [3.8, 4) is 0 Å². The van der Waals surface area contributed by atoms with Crippen molar-refractivity contribution in [1.82, 2.24) is 15.5 Å². The van der Waals surface area contributed by atoms with E-state index in [0.717, 1.165) is 32.6 Å². The van der Waals surface area contributed by atoms with Gasteiger partial charge in [-0.1, -0.05) is 31.2 Å². The van der Waals surface area contributed by atoms with Crippen molar-refractivity contribution >= 4 is 11.9 Å². The first-order chi connectivity index (χ1) is 12.5. The van der Waals surface area contributed by atoms with E-state index >= 15 is 0 Å². The van der Waals surface area contributed by atoms with E-state index in [0.29, 0.717) is 11.9 Å². The summed E-state index contributed by atoms with van der Waals surface area (Å²) in [6.07, 6.45) is 2.09. The second-order valence-electron chi connectivity index (χ2n) is 7.02. The van der Waals surface area contributed by atoms with Crippen molar-refractivity contribution in [3.63, 3.8) is 0 Å². The Bertz CT molecular complexity index is 592. The van der Waals surface area contributed by atoms with Gasteiger partial charge in [0.2, 0.25) is 5.91 Å². The highest BCUT2D eigenvalue weighted by Gasteiger charge is 2.17. The predicted octanol–water partition coefficient (Wildman–Crippen LogP) is 1.97. The molecular weight excluding hydrogens is 328 g/mol. The molecule has 0 aromatic heterocycles. The molecule has 6 nitrogen and oxygen atoms in total. The van der Waals surface area contributed by atoms with Crippen LogP contribution in [0.5, 0.6) is 0 Å². The number of amides is 1. The number of ether oxygens (including phenoxy) is 1. The number of hydrogen-bond acceptors (Lipinski definition) is 3. The van der Waals surface area contributed by atoms with Crippen molar-refractivity contribution in [2.45, 2.75) is 32.7 Å². The summed E-state index contributed by atoms with van der Waals surface area (Å²) in [5, 5.41) is 6.78. The molecule has 0 spiro atoms. The quantitative estimate of drug-likeness (QED) is 0.576. The fraction of sp³-hybridized carbons (Fsp3) is 0.600. The van der Waals surface area contributed by atoms with Crippen molar-refractivity contribution < 1.29 is 9.53 Å². The number of likely N-dealkylation sites (N-methyl/N-ethyl adjacent to an activating group) is 1. The zero-order chi connectivity index (χ0) is 18.9. The van der Waals surface area contributed by atoms with Gasteiger partial charge in [0.25, 0.3) is 0 Å². The molecule has 2 N–H and O–H groups in total. The smallest absolute Gasteiger partial charge is 0.243 e. The number of nitrogens with one attached hydrogen (secondary N) is 2. The monoisotopic (exact) mass is 360 g/mol. The van der Waals surface area contributed by atoms with Gasteiger partial charge in [-0.2, -0.15) is 0 Å². The fourth-order valence-electron chi connectivity index (χ4n) is 2.76. The zero-order valence-corrected chi connectivity index (χ0v) is 16.4. The molecule has 1 aliphatic heterocycles. The van der Waals surface area contributed by atoms with E-state index in [9.17, 15) is 4.79 Å². The minimum Gasteiger partial charge on any atom is -0.381 e. The number of rotatable bonds is 7. The number of benzene rings is 1. The number of aryl methyl sites for hydroxylation is 1. The van der Waals surface area contributed by atoms with Crippen molar-refractivity contribution in [1.29, 1.82) is 0 Å². The van der Waals surface area contributed by atoms with Crippen LogP contribution in [0.15, 0.2) is 29.3 Å². The first kappa shape index (κ1) is 20.2. The highest BCUT2D eigenvalue weighted by Crippen LogP contribution is 2.14. The highest BCUT2D eigenvalue weighted by atomic mass is 16.5. The van der Waals surface area contributed by atoms with Crippen molar-refractivity contribution in [2.75, 3.05) is 40.4 Å². The van der Waals surface area contributed by atoms with Crippen molar-refractivity contribution in [3.05, 3.63) is 35.4 Å². The molecule has 1 amide bonds. The first-order valence-electron chi connectivity index (χ1n) is 9.41. The third kappa shape index (κ3) is 6.33. The number of carbonyl (C=O) groups excluding carboxylic acids is 1. The van der Waals surface area contributed by atoms with Gasteiger partial charge in [-0.25, -0.2) is 4.99 Å². The maximum Gasteiger partial charge on any atom is 0.243 e. The average Bonchev–Trinajstić information content (AvgIpc) is 3.17. The zero-order valence-electron chi connectivity index (χ0n) is 16.4. The fourth-order valence-corrected chi connectivity index (χ4v) is 2.76. The van der Waals surface area contributed by atoms with Crippen LogP contribution >= 0.6 is 0 Å². The van der Waals surface area contributed by atoms with E-state index in [2.05, 4.69) is 53.7 Å². The maximum absolute atomic E-state index is 11.9. The lowest BCUT2D eigenvalue weighted by Gasteiger charge is -2.20. The van der Waals surface area contributed by atoms with E-state index < -0.39 is 0 Å². The molecule has 0 radical (unpaired) electrons. The lowest BCUT2D eigenvalue weighted by atomic mass is 10.1. The van der Waals surface area contributed by atoms with Crippen LogP contribution in [-0.2, 0) is 16.0 Å². The van der Waals surface area contributed by atoms with Crippen molar-refractivity contribution in [2.24, 2.45) is 10.9 Å². The molecule has 1 heterocycles. The normalized spacial score (nSPS) is 18.5. The van der Waals surface area contributed by atoms with Gasteiger partial charge in [-0.05, 0) is 30.9 Å². The number of carbonyl (C=O) groups is 1. The summed E-state index contributed by atoms with van der Waals surface area (Å²) in [7, 11) is 3.48. The summed E-state index contributed by atoms with van der Waals surface area (Å²) in [6.45, 7) is 6.79. The summed E-state index contributed by atoms with van der Waals surface area (Å²) in [6, 6.07) is 8.70. The average molecular weight is 361 g/mol. The topological polar surface area (TPSA) is 66.0 Å². The molecule has 1 aliphatic rings. The van der Waals surface area contributed by atoms with Crippen LogP contribution < -0.4 is 10.6 Å². The Morgan fingerprint density at radius 2 is 2.08 bits per heavy atom. The third-order valence-electron chi connectivity index (χ3n) is 4.69. The van der Waals surface area contributed by atoms with Gasteiger partial charge in [0.1, 0.15) is 6.54 Å². The summed E-state index contributed by atoms with van der Waals surface area (Å²) in [4.78, 5) is 17.9. The number of hydrogen-bond donors (Lipinski definition) is 2. The minimum atomic E-state index is -0.0183. The third-order valence-corrected chi connectivity index (χ3v) is 4.69.